The van der Waals surface area contributed by atoms with Gasteiger partial charge in [0.05, 0.1) is 22.4 Å². The highest BCUT2D eigenvalue weighted by Crippen LogP contribution is 2.26. The van der Waals surface area contributed by atoms with Crippen LogP contribution in [-0.2, 0) is 12.8 Å². The van der Waals surface area contributed by atoms with E-state index in [-0.39, 0.29) is 5.91 Å². The molecule has 3 aromatic rings. The van der Waals surface area contributed by atoms with Gasteiger partial charge in [-0.1, -0.05) is 31.5 Å². The number of benzene rings is 2. The molecular weight excluding hydrogens is 396 g/mol. The van der Waals surface area contributed by atoms with Gasteiger partial charge in [-0.25, -0.2) is 9.97 Å². The molecule has 2 aromatic carbocycles. The molecule has 1 aliphatic rings. The number of aromatic nitrogens is 2. The van der Waals surface area contributed by atoms with E-state index in [0.717, 1.165) is 59.1 Å². The third kappa shape index (κ3) is 3.99. The number of amides is 1. The number of carbonyl (C=O) groups is 1. The van der Waals surface area contributed by atoms with Gasteiger partial charge in [-0.15, -0.1) is 0 Å². The lowest BCUT2D eigenvalue weighted by Crippen LogP contribution is -2.49. The number of anilines is 1. The SMILES string of the molecule is CCc1nc2ccc(C(=O)N3CCN(c4cc(Cl)ccc4C)CC3)cc2nc1CC. The zero-order valence-corrected chi connectivity index (χ0v) is 18.5. The molecule has 2 heterocycles. The molecule has 0 aliphatic carbocycles. The van der Waals surface area contributed by atoms with Crippen molar-refractivity contribution < 1.29 is 4.79 Å². The van der Waals surface area contributed by atoms with Gasteiger partial charge in [0.25, 0.3) is 5.91 Å². The van der Waals surface area contributed by atoms with E-state index >= 15 is 0 Å². The Kier molecular flexibility index (Phi) is 5.91. The topological polar surface area (TPSA) is 49.3 Å². The Hall–Kier alpha value is -2.66. The standard InChI is InChI=1S/C24H27ClN4O/c1-4-19-20(5-2)27-22-14-17(7-9-21(22)26-19)24(30)29-12-10-28(11-13-29)23-15-18(25)8-6-16(23)3/h6-9,14-15H,4-5,10-13H2,1-3H3. The van der Waals surface area contributed by atoms with Crippen LogP contribution in [0.1, 0.15) is 41.2 Å². The van der Waals surface area contributed by atoms with Gasteiger partial charge in [0.15, 0.2) is 0 Å². The molecule has 0 bridgehead atoms. The van der Waals surface area contributed by atoms with E-state index in [1.165, 1.54) is 5.56 Å². The van der Waals surface area contributed by atoms with Crippen LogP contribution >= 0.6 is 11.6 Å². The average molecular weight is 423 g/mol. The molecule has 30 heavy (non-hydrogen) atoms. The summed E-state index contributed by atoms with van der Waals surface area (Å²) in [7, 11) is 0. The van der Waals surface area contributed by atoms with Gasteiger partial charge in [0.2, 0.25) is 0 Å². The highest BCUT2D eigenvalue weighted by atomic mass is 35.5. The molecular formula is C24H27ClN4O. The number of halogens is 1. The molecule has 0 saturated carbocycles. The summed E-state index contributed by atoms with van der Waals surface area (Å²) < 4.78 is 0. The third-order valence-corrected chi connectivity index (χ3v) is 6.05. The van der Waals surface area contributed by atoms with Crippen LogP contribution in [0.25, 0.3) is 11.0 Å². The first kappa shape index (κ1) is 20.6. The lowest BCUT2D eigenvalue weighted by molar-refractivity contribution is 0.0747. The van der Waals surface area contributed by atoms with Crippen molar-refractivity contribution in [3.8, 4) is 0 Å². The monoisotopic (exact) mass is 422 g/mol. The van der Waals surface area contributed by atoms with Crippen molar-refractivity contribution in [2.75, 3.05) is 31.1 Å². The summed E-state index contributed by atoms with van der Waals surface area (Å²) in [5.74, 6) is 0.0544. The van der Waals surface area contributed by atoms with E-state index in [4.69, 9.17) is 21.6 Å². The molecule has 4 rings (SSSR count). The van der Waals surface area contributed by atoms with Crippen LogP contribution in [0.3, 0.4) is 0 Å². The van der Waals surface area contributed by atoms with Crippen molar-refractivity contribution >= 4 is 34.2 Å². The summed E-state index contributed by atoms with van der Waals surface area (Å²) in [5, 5.41) is 0.740. The molecule has 0 radical (unpaired) electrons. The van der Waals surface area contributed by atoms with E-state index in [2.05, 4.69) is 25.7 Å². The van der Waals surface area contributed by atoms with Crippen LogP contribution in [0.4, 0.5) is 5.69 Å². The third-order valence-electron chi connectivity index (χ3n) is 5.81. The summed E-state index contributed by atoms with van der Waals surface area (Å²) >= 11 is 6.18. The van der Waals surface area contributed by atoms with Crippen LogP contribution < -0.4 is 4.90 Å². The second kappa shape index (κ2) is 8.60. The van der Waals surface area contributed by atoms with E-state index < -0.39 is 0 Å². The van der Waals surface area contributed by atoms with Crippen LogP contribution in [0.15, 0.2) is 36.4 Å². The molecule has 1 fully saturated rings. The fraction of sp³-hybridized carbons (Fsp3) is 0.375. The normalized spacial score (nSPS) is 14.4. The van der Waals surface area contributed by atoms with Crippen molar-refractivity contribution in [2.24, 2.45) is 0 Å². The largest absolute Gasteiger partial charge is 0.368 e. The number of aryl methyl sites for hydroxylation is 3. The molecule has 0 unspecified atom stereocenters. The molecule has 1 amide bonds. The van der Waals surface area contributed by atoms with E-state index in [9.17, 15) is 4.79 Å². The lowest BCUT2D eigenvalue weighted by Gasteiger charge is -2.37. The van der Waals surface area contributed by atoms with Crippen LogP contribution in [0.5, 0.6) is 0 Å². The zero-order valence-electron chi connectivity index (χ0n) is 17.8. The number of piperazine rings is 1. The van der Waals surface area contributed by atoms with Gasteiger partial charge in [-0.05, 0) is 55.7 Å². The maximum absolute atomic E-state index is 13.1. The number of hydrogen-bond acceptors (Lipinski definition) is 4. The number of carbonyl (C=O) groups excluding carboxylic acids is 1. The summed E-state index contributed by atoms with van der Waals surface area (Å²) in [6, 6.07) is 11.6. The van der Waals surface area contributed by atoms with E-state index in [0.29, 0.717) is 18.7 Å². The predicted molar refractivity (Wildman–Crippen MR) is 123 cm³/mol. The van der Waals surface area contributed by atoms with E-state index in [1.807, 2.05) is 41.3 Å². The van der Waals surface area contributed by atoms with Crippen molar-refractivity contribution in [3.63, 3.8) is 0 Å². The lowest BCUT2D eigenvalue weighted by atomic mass is 10.1. The van der Waals surface area contributed by atoms with Crippen molar-refractivity contribution in [3.05, 3.63) is 63.9 Å². The summed E-state index contributed by atoms with van der Waals surface area (Å²) in [4.78, 5) is 26.8. The molecule has 6 heteroatoms. The van der Waals surface area contributed by atoms with Gasteiger partial charge >= 0.3 is 0 Å². The summed E-state index contributed by atoms with van der Waals surface area (Å²) in [6.45, 7) is 9.23. The molecule has 1 saturated heterocycles. The molecule has 156 valence electrons. The molecule has 1 aliphatic heterocycles. The Labute approximate surface area is 182 Å². The number of hydrogen-bond donors (Lipinski definition) is 0. The Balaban J connectivity index is 1.51. The van der Waals surface area contributed by atoms with Crippen molar-refractivity contribution in [2.45, 2.75) is 33.6 Å². The Morgan fingerprint density at radius 3 is 2.27 bits per heavy atom. The van der Waals surface area contributed by atoms with Crippen LogP contribution in [-0.4, -0.2) is 47.0 Å². The minimum absolute atomic E-state index is 0.0544. The van der Waals surface area contributed by atoms with Gasteiger partial charge in [-0.2, -0.15) is 0 Å². The van der Waals surface area contributed by atoms with Gasteiger partial charge < -0.3 is 9.80 Å². The smallest absolute Gasteiger partial charge is 0.254 e. The highest BCUT2D eigenvalue weighted by molar-refractivity contribution is 6.30. The molecule has 1 aromatic heterocycles. The van der Waals surface area contributed by atoms with Crippen molar-refractivity contribution in [1.29, 1.82) is 0 Å². The number of fused-ring (bicyclic) bond motifs is 1. The predicted octanol–water partition coefficient (Wildman–Crippen LogP) is 4.68. The first-order valence-electron chi connectivity index (χ1n) is 10.6. The quantitative estimate of drug-likeness (QED) is 0.612. The highest BCUT2D eigenvalue weighted by Gasteiger charge is 2.23. The average Bonchev–Trinajstić information content (AvgIpc) is 2.79. The molecule has 5 nitrogen and oxygen atoms in total. The van der Waals surface area contributed by atoms with Gasteiger partial charge in [0.1, 0.15) is 0 Å². The molecule has 0 atom stereocenters. The summed E-state index contributed by atoms with van der Waals surface area (Å²) in [6.07, 6.45) is 1.71. The molecule has 0 N–H and O–H groups in total. The second-order valence-corrected chi connectivity index (χ2v) is 8.17. The Morgan fingerprint density at radius 1 is 0.933 bits per heavy atom. The minimum atomic E-state index is 0.0544. The maximum atomic E-state index is 13.1. The maximum Gasteiger partial charge on any atom is 0.254 e. The number of rotatable bonds is 4. The van der Waals surface area contributed by atoms with Gasteiger partial charge in [0, 0.05) is 42.5 Å². The Morgan fingerprint density at radius 2 is 1.60 bits per heavy atom. The number of nitrogens with zero attached hydrogens (tertiary/aromatic N) is 4. The molecule has 0 spiro atoms. The van der Waals surface area contributed by atoms with Crippen LogP contribution in [0, 0.1) is 6.92 Å². The van der Waals surface area contributed by atoms with Crippen molar-refractivity contribution in [1.82, 2.24) is 14.9 Å². The first-order valence-corrected chi connectivity index (χ1v) is 11.0. The van der Waals surface area contributed by atoms with E-state index in [1.54, 1.807) is 0 Å². The Bertz CT molecular complexity index is 1090. The zero-order chi connectivity index (χ0) is 21.3. The fourth-order valence-electron chi connectivity index (χ4n) is 4.08. The fourth-order valence-corrected chi connectivity index (χ4v) is 4.25. The second-order valence-electron chi connectivity index (χ2n) is 7.74. The minimum Gasteiger partial charge on any atom is -0.368 e. The van der Waals surface area contributed by atoms with Crippen LogP contribution in [0.2, 0.25) is 5.02 Å². The summed E-state index contributed by atoms with van der Waals surface area (Å²) in [5.41, 5.74) is 6.72. The van der Waals surface area contributed by atoms with Gasteiger partial charge in [-0.3, -0.25) is 4.79 Å². The first-order chi connectivity index (χ1) is 14.5.